The molecule has 0 aliphatic heterocycles. The minimum atomic E-state index is 0.685. The number of nitrogens with one attached hydrogen (secondary N) is 1. The van der Waals surface area contributed by atoms with Gasteiger partial charge in [-0.1, -0.05) is 29.5 Å². The predicted molar refractivity (Wildman–Crippen MR) is 111 cm³/mol. The summed E-state index contributed by atoms with van der Waals surface area (Å²) >= 11 is 5.13. The van der Waals surface area contributed by atoms with Crippen LogP contribution in [0, 0.1) is 0 Å². The molecule has 1 aromatic carbocycles. The van der Waals surface area contributed by atoms with E-state index in [0.717, 1.165) is 37.3 Å². The molecule has 0 amide bonds. The highest BCUT2D eigenvalue weighted by molar-refractivity contribution is 9.11. The van der Waals surface area contributed by atoms with Crippen molar-refractivity contribution in [2.75, 3.05) is 12.4 Å². The zero-order valence-electron chi connectivity index (χ0n) is 14.5. The Morgan fingerprint density at radius 3 is 2.78 bits per heavy atom. The number of ether oxygens (including phenoxy) is 1. The van der Waals surface area contributed by atoms with Crippen molar-refractivity contribution in [1.29, 1.82) is 0 Å². The average molecular weight is 442 g/mol. The van der Waals surface area contributed by atoms with E-state index in [1.807, 2.05) is 59.5 Å². The van der Waals surface area contributed by atoms with Gasteiger partial charge in [0.15, 0.2) is 5.13 Å². The number of pyridine rings is 1. The van der Waals surface area contributed by atoms with Gasteiger partial charge in [-0.05, 0) is 45.8 Å². The molecule has 0 radical (unpaired) electrons. The second-order valence-electron chi connectivity index (χ2n) is 5.76. The van der Waals surface area contributed by atoms with Gasteiger partial charge < -0.3 is 10.1 Å². The fourth-order valence-corrected chi connectivity index (χ4v) is 4.07. The number of hydrogen-bond acceptors (Lipinski definition) is 6. The summed E-state index contributed by atoms with van der Waals surface area (Å²) in [6.07, 6.45) is 5.57. The molecular formula is C19H16BrN5OS. The summed E-state index contributed by atoms with van der Waals surface area (Å²) in [4.78, 5) is 8.93. The van der Waals surface area contributed by atoms with Crippen molar-refractivity contribution in [3.8, 4) is 17.0 Å². The highest BCUT2D eigenvalue weighted by atomic mass is 79.9. The maximum absolute atomic E-state index is 5.19. The first kappa shape index (κ1) is 17.7. The number of benzene rings is 1. The van der Waals surface area contributed by atoms with E-state index in [-0.39, 0.29) is 0 Å². The summed E-state index contributed by atoms with van der Waals surface area (Å²) in [5.41, 5.74) is 2.97. The number of methoxy groups -OCH3 is 1. The maximum Gasteiger partial charge on any atom is 0.190 e. The second-order valence-corrected chi connectivity index (χ2v) is 8.07. The normalized spacial score (nSPS) is 10.7. The van der Waals surface area contributed by atoms with Gasteiger partial charge in [0.1, 0.15) is 17.3 Å². The molecule has 0 atom stereocenters. The SMILES string of the molecule is COc1ccc(Cn2cc(-c3nc(Nc4ccccn4)sc3Br)cn2)cc1. The number of thiazole rings is 1. The van der Waals surface area contributed by atoms with Gasteiger partial charge in [0, 0.05) is 18.0 Å². The van der Waals surface area contributed by atoms with Crippen LogP contribution in [0.1, 0.15) is 5.56 Å². The lowest BCUT2D eigenvalue weighted by atomic mass is 10.2. The molecular weight excluding hydrogens is 426 g/mol. The smallest absolute Gasteiger partial charge is 0.190 e. The molecule has 3 aromatic heterocycles. The first-order valence-corrected chi connectivity index (χ1v) is 9.82. The highest BCUT2D eigenvalue weighted by Gasteiger charge is 2.13. The van der Waals surface area contributed by atoms with Gasteiger partial charge in [-0.3, -0.25) is 4.68 Å². The van der Waals surface area contributed by atoms with Crippen LogP contribution in [0.25, 0.3) is 11.3 Å². The number of aromatic nitrogens is 4. The molecule has 0 fully saturated rings. The third-order valence-electron chi connectivity index (χ3n) is 3.90. The van der Waals surface area contributed by atoms with E-state index in [1.54, 1.807) is 13.3 Å². The van der Waals surface area contributed by atoms with Crippen LogP contribution >= 0.6 is 27.3 Å². The lowest BCUT2D eigenvalue weighted by Gasteiger charge is -2.03. The van der Waals surface area contributed by atoms with Crippen LogP contribution in [-0.4, -0.2) is 26.9 Å². The fraction of sp³-hybridized carbons (Fsp3) is 0.105. The van der Waals surface area contributed by atoms with Gasteiger partial charge in [-0.2, -0.15) is 5.10 Å². The Balaban J connectivity index is 1.50. The number of rotatable bonds is 6. The summed E-state index contributed by atoms with van der Waals surface area (Å²) in [5, 5.41) is 8.46. The molecule has 8 heteroatoms. The van der Waals surface area contributed by atoms with Crippen molar-refractivity contribution >= 4 is 38.2 Å². The number of hydrogen-bond donors (Lipinski definition) is 1. The van der Waals surface area contributed by atoms with Crippen LogP contribution in [0.15, 0.2) is 64.8 Å². The molecule has 0 unspecified atom stereocenters. The summed E-state index contributed by atoms with van der Waals surface area (Å²) in [6.45, 7) is 0.685. The Morgan fingerprint density at radius 1 is 1.19 bits per heavy atom. The Bertz CT molecular complexity index is 1030. The van der Waals surface area contributed by atoms with E-state index in [2.05, 4.69) is 36.3 Å². The summed E-state index contributed by atoms with van der Waals surface area (Å²) < 4.78 is 8.04. The van der Waals surface area contributed by atoms with E-state index in [0.29, 0.717) is 6.54 Å². The molecule has 0 saturated heterocycles. The summed E-state index contributed by atoms with van der Waals surface area (Å²) in [6, 6.07) is 13.7. The van der Waals surface area contributed by atoms with Gasteiger partial charge in [0.25, 0.3) is 0 Å². The molecule has 1 N–H and O–H groups in total. The lowest BCUT2D eigenvalue weighted by Crippen LogP contribution is -1.99. The number of anilines is 2. The fourth-order valence-electron chi connectivity index (χ4n) is 2.57. The van der Waals surface area contributed by atoms with Crippen molar-refractivity contribution in [2.24, 2.45) is 0 Å². The van der Waals surface area contributed by atoms with E-state index in [1.165, 1.54) is 11.3 Å². The first-order valence-electron chi connectivity index (χ1n) is 8.21. The Hall–Kier alpha value is -2.71. The molecule has 4 aromatic rings. The van der Waals surface area contributed by atoms with Crippen LogP contribution in [0.2, 0.25) is 0 Å². The molecule has 0 bridgehead atoms. The standard InChI is InChI=1S/C19H16BrN5OS/c1-26-15-7-5-13(6-8-15)11-25-12-14(10-22-25)17-18(20)27-19(24-17)23-16-4-2-3-9-21-16/h2-10,12H,11H2,1H3,(H,21,23,24). The van der Waals surface area contributed by atoms with Gasteiger partial charge in [0.2, 0.25) is 0 Å². The topological polar surface area (TPSA) is 64.9 Å². The Kier molecular flexibility index (Phi) is 5.17. The van der Waals surface area contributed by atoms with Crippen LogP contribution in [0.4, 0.5) is 10.9 Å². The third-order valence-corrected chi connectivity index (χ3v) is 5.52. The zero-order valence-corrected chi connectivity index (χ0v) is 16.9. The Labute approximate surface area is 169 Å². The quantitative estimate of drug-likeness (QED) is 0.457. The predicted octanol–water partition coefficient (Wildman–Crippen LogP) is 4.96. The lowest BCUT2D eigenvalue weighted by molar-refractivity contribution is 0.414. The molecule has 3 heterocycles. The number of nitrogens with zero attached hydrogens (tertiary/aromatic N) is 4. The maximum atomic E-state index is 5.19. The van der Waals surface area contributed by atoms with Gasteiger partial charge in [-0.15, -0.1) is 0 Å². The molecule has 27 heavy (non-hydrogen) atoms. The van der Waals surface area contributed by atoms with Crippen molar-refractivity contribution in [3.05, 3.63) is 70.4 Å². The van der Waals surface area contributed by atoms with Crippen molar-refractivity contribution in [3.63, 3.8) is 0 Å². The average Bonchev–Trinajstić information content (AvgIpc) is 3.29. The van der Waals surface area contributed by atoms with E-state index in [9.17, 15) is 0 Å². The monoisotopic (exact) mass is 441 g/mol. The van der Waals surface area contributed by atoms with Crippen molar-refractivity contribution in [2.45, 2.75) is 6.54 Å². The Morgan fingerprint density at radius 2 is 2.04 bits per heavy atom. The van der Waals surface area contributed by atoms with Gasteiger partial charge in [-0.25, -0.2) is 9.97 Å². The van der Waals surface area contributed by atoms with E-state index in [4.69, 9.17) is 4.74 Å². The van der Waals surface area contributed by atoms with Crippen LogP contribution in [0.3, 0.4) is 0 Å². The van der Waals surface area contributed by atoms with Crippen LogP contribution in [-0.2, 0) is 6.54 Å². The molecule has 4 rings (SSSR count). The zero-order chi connectivity index (χ0) is 18.6. The first-order chi connectivity index (χ1) is 13.2. The van der Waals surface area contributed by atoms with Crippen molar-refractivity contribution in [1.82, 2.24) is 19.7 Å². The highest BCUT2D eigenvalue weighted by Crippen LogP contribution is 2.36. The van der Waals surface area contributed by atoms with E-state index < -0.39 is 0 Å². The minimum Gasteiger partial charge on any atom is -0.497 e. The second kappa shape index (κ2) is 7.89. The molecule has 136 valence electrons. The molecule has 0 saturated carbocycles. The van der Waals surface area contributed by atoms with Crippen LogP contribution in [0.5, 0.6) is 5.75 Å². The van der Waals surface area contributed by atoms with Crippen molar-refractivity contribution < 1.29 is 4.74 Å². The molecule has 6 nitrogen and oxygen atoms in total. The summed E-state index contributed by atoms with van der Waals surface area (Å²) in [5.74, 6) is 1.61. The van der Waals surface area contributed by atoms with E-state index >= 15 is 0 Å². The molecule has 0 aliphatic rings. The minimum absolute atomic E-state index is 0.685. The third kappa shape index (κ3) is 4.17. The van der Waals surface area contributed by atoms with Gasteiger partial charge >= 0.3 is 0 Å². The number of halogens is 1. The molecule has 0 aliphatic carbocycles. The largest absolute Gasteiger partial charge is 0.497 e. The van der Waals surface area contributed by atoms with Crippen LogP contribution < -0.4 is 10.1 Å². The van der Waals surface area contributed by atoms with Gasteiger partial charge in [0.05, 0.1) is 23.6 Å². The summed E-state index contributed by atoms with van der Waals surface area (Å²) in [7, 11) is 1.66. The molecule has 0 spiro atoms.